The highest BCUT2D eigenvalue weighted by Gasteiger charge is 2.24. The van der Waals surface area contributed by atoms with Crippen molar-refractivity contribution in [2.75, 3.05) is 39.8 Å². The molecule has 2 heterocycles. The molecule has 116 valence electrons. The summed E-state index contributed by atoms with van der Waals surface area (Å²) < 4.78 is 0. The Kier molecular flexibility index (Phi) is 5.28. The minimum Gasteiger partial charge on any atom is -0.310 e. The molecule has 0 aliphatic carbocycles. The third-order valence-electron chi connectivity index (χ3n) is 5.01. The van der Waals surface area contributed by atoms with Crippen LogP contribution in [0.15, 0.2) is 30.3 Å². The number of nitrogens with one attached hydrogen (secondary N) is 1. The van der Waals surface area contributed by atoms with E-state index in [2.05, 4.69) is 52.5 Å². The maximum atomic E-state index is 3.87. The van der Waals surface area contributed by atoms with E-state index in [0.717, 1.165) is 12.1 Å². The smallest absolute Gasteiger partial charge is 0.0209 e. The lowest BCUT2D eigenvalue weighted by molar-refractivity contribution is 0.192. The summed E-state index contributed by atoms with van der Waals surface area (Å²) in [5, 5.41) is 3.87. The normalized spacial score (nSPS) is 25.5. The Bertz CT molecular complexity index is 412. The van der Waals surface area contributed by atoms with Crippen molar-refractivity contribution in [3.05, 3.63) is 35.9 Å². The first-order valence-electron chi connectivity index (χ1n) is 8.50. The molecule has 0 aromatic heterocycles. The van der Waals surface area contributed by atoms with Crippen LogP contribution >= 0.6 is 0 Å². The Morgan fingerprint density at radius 3 is 2.38 bits per heavy atom. The van der Waals surface area contributed by atoms with Crippen LogP contribution in [-0.4, -0.2) is 61.7 Å². The molecule has 0 spiro atoms. The van der Waals surface area contributed by atoms with Gasteiger partial charge in [0.15, 0.2) is 0 Å². The third kappa shape index (κ3) is 4.53. The van der Waals surface area contributed by atoms with Crippen LogP contribution in [-0.2, 0) is 6.42 Å². The fraction of sp³-hybridized carbons (Fsp3) is 0.667. The molecule has 2 saturated heterocycles. The lowest BCUT2D eigenvalue weighted by atomic mass is 10.0. The Morgan fingerprint density at radius 1 is 1.00 bits per heavy atom. The van der Waals surface area contributed by atoms with Crippen molar-refractivity contribution in [2.24, 2.45) is 0 Å². The van der Waals surface area contributed by atoms with Crippen molar-refractivity contribution >= 4 is 0 Å². The predicted octanol–water partition coefficient (Wildman–Crippen LogP) is 1.99. The molecule has 1 aromatic rings. The van der Waals surface area contributed by atoms with Gasteiger partial charge in [-0.05, 0) is 57.9 Å². The Labute approximate surface area is 129 Å². The van der Waals surface area contributed by atoms with Crippen LogP contribution in [0.1, 0.15) is 24.8 Å². The maximum absolute atomic E-state index is 3.87. The summed E-state index contributed by atoms with van der Waals surface area (Å²) in [5.74, 6) is 0. The lowest BCUT2D eigenvalue weighted by Crippen LogP contribution is -2.47. The van der Waals surface area contributed by atoms with Crippen LogP contribution in [0.4, 0.5) is 0 Å². The van der Waals surface area contributed by atoms with E-state index in [-0.39, 0.29) is 0 Å². The molecule has 1 atom stereocenters. The quantitative estimate of drug-likeness (QED) is 0.893. The van der Waals surface area contributed by atoms with Gasteiger partial charge in [-0.25, -0.2) is 0 Å². The minimum atomic E-state index is 0.732. The van der Waals surface area contributed by atoms with Crippen LogP contribution in [0.25, 0.3) is 0 Å². The van der Waals surface area contributed by atoms with E-state index < -0.39 is 0 Å². The first-order chi connectivity index (χ1) is 10.3. The van der Waals surface area contributed by atoms with Crippen molar-refractivity contribution in [3.63, 3.8) is 0 Å². The molecule has 2 aliphatic rings. The van der Waals surface area contributed by atoms with Gasteiger partial charge in [0.1, 0.15) is 0 Å². The highest BCUT2D eigenvalue weighted by atomic mass is 15.2. The van der Waals surface area contributed by atoms with Gasteiger partial charge in [-0.15, -0.1) is 0 Å². The molecule has 2 fully saturated rings. The van der Waals surface area contributed by atoms with Gasteiger partial charge in [0.05, 0.1) is 0 Å². The fourth-order valence-electron chi connectivity index (χ4n) is 3.66. The zero-order valence-corrected chi connectivity index (χ0v) is 13.3. The summed E-state index contributed by atoms with van der Waals surface area (Å²) in [6, 6.07) is 12.3. The van der Waals surface area contributed by atoms with Gasteiger partial charge in [0.25, 0.3) is 0 Å². The van der Waals surface area contributed by atoms with Gasteiger partial charge in [-0.3, -0.25) is 0 Å². The van der Waals surface area contributed by atoms with Crippen LogP contribution in [0.5, 0.6) is 0 Å². The van der Waals surface area contributed by atoms with Gasteiger partial charge >= 0.3 is 0 Å². The largest absolute Gasteiger partial charge is 0.310 e. The second-order valence-electron chi connectivity index (χ2n) is 6.77. The van der Waals surface area contributed by atoms with E-state index in [0.29, 0.717) is 0 Å². The molecular formula is C18H29N3. The van der Waals surface area contributed by atoms with Crippen LogP contribution in [0.3, 0.4) is 0 Å². The average Bonchev–Trinajstić information content (AvgIpc) is 2.93. The molecule has 1 N–H and O–H groups in total. The summed E-state index contributed by atoms with van der Waals surface area (Å²) in [4.78, 5) is 5.07. The molecule has 3 rings (SSSR count). The molecule has 3 nitrogen and oxygen atoms in total. The molecule has 0 saturated carbocycles. The predicted molar refractivity (Wildman–Crippen MR) is 88.6 cm³/mol. The molecule has 1 aromatic carbocycles. The van der Waals surface area contributed by atoms with Crippen molar-refractivity contribution in [2.45, 2.75) is 37.8 Å². The molecule has 0 bridgehead atoms. The van der Waals surface area contributed by atoms with Gasteiger partial charge in [-0.2, -0.15) is 0 Å². The zero-order chi connectivity index (χ0) is 14.5. The fourth-order valence-corrected chi connectivity index (χ4v) is 3.66. The van der Waals surface area contributed by atoms with Crippen LogP contribution in [0, 0.1) is 0 Å². The number of piperidine rings is 1. The van der Waals surface area contributed by atoms with Gasteiger partial charge in [0.2, 0.25) is 0 Å². The summed E-state index contributed by atoms with van der Waals surface area (Å²) in [5.41, 5.74) is 1.46. The number of nitrogens with zero attached hydrogens (tertiary/aromatic N) is 2. The number of benzene rings is 1. The first-order valence-corrected chi connectivity index (χ1v) is 8.50. The zero-order valence-electron chi connectivity index (χ0n) is 13.3. The lowest BCUT2D eigenvalue weighted by Gasteiger charge is -2.34. The highest BCUT2D eigenvalue weighted by Crippen LogP contribution is 2.15. The molecule has 3 heteroatoms. The van der Waals surface area contributed by atoms with Gasteiger partial charge in [-0.1, -0.05) is 30.3 Å². The average molecular weight is 287 g/mol. The van der Waals surface area contributed by atoms with E-state index in [1.807, 2.05) is 0 Å². The third-order valence-corrected chi connectivity index (χ3v) is 5.01. The summed E-state index contributed by atoms with van der Waals surface area (Å²) in [6.45, 7) is 6.21. The highest BCUT2D eigenvalue weighted by molar-refractivity contribution is 5.14. The van der Waals surface area contributed by atoms with Crippen LogP contribution < -0.4 is 5.32 Å². The van der Waals surface area contributed by atoms with Crippen molar-refractivity contribution in [3.8, 4) is 0 Å². The van der Waals surface area contributed by atoms with E-state index >= 15 is 0 Å². The SMILES string of the molecule is CN1CCC(NC2CCN(CCc3ccccc3)CC2)C1. The van der Waals surface area contributed by atoms with E-state index in [1.165, 1.54) is 64.0 Å². The van der Waals surface area contributed by atoms with Crippen molar-refractivity contribution in [1.82, 2.24) is 15.1 Å². The second kappa shape index (κ2) is 7.39. The number of rotatable bonds is 5. The van der Waals surface area contributed by atoms with Gasteiger partial charge < -0.3 is 15.1 Å². The Balaban J connectivity index is 1.35. The van der Waals surface area contributed by atoms with E-state index in [4.69, 9.17) is 0 Å². The van der Waals surface area contributed by atoms with Crippen LogP contribution in [0.2, 0.25) is 0 Å². The van der Waals surface area contributed by atoms with E-state index in [9.17, 15) is 0 Å². The Morgan fingerprint density at radius 2 is 1.71 bits per heavy atom. The molecular weight excluding hydrogens is 258 g/mol. The summed E-state index contributed by atoms with van der Waals surface area (Å²) >= 11 is 0. The van der Waals surface area contributed by atoms with Crippen molar-refractivity contribution < 1.29 is 0 Å². The second-order valence-corrected chi connectivity index (χ2v) is 6.77. The number of hydrogen-bond donors (Lipinski definition) is 1. The topological polar surface area (TPSA) is 18.5 Å². The number of hydrogen-bond acceptors (Lipinski definition) is 3. The molecule has 0 radical (unpaired) electrons. The molecule has 2 aliphatic heterocycles. The standard InChI is InChI=1S/C18H29N3/c1-20-11-8-18(15-20)19-17-9-13-21(14-10-17)12-7-16-5-3-2-4-6-16/h2-6,17-19H,7-15H2,1H3. The number of likely N-dealkylation sites (tertiary alicyclic amines) is 2. The van der Waals surface area contributed by atoms with Gasteiger partial charge in [0, 0.05) is 25.2 Å². The maximum Gasteiger partial charge on any atom is 0.0209 e. The summed E-state index contributed by atoms with van der Waals surface area (Å²) in [7, 11) is 2.23. The van der Waals surface area contributed by atoms with E-state index in [1.54, 1.807) is 0 Å². The first kappa shape index (κ1) is 15.0. The number of likely N-dealkylation sites (N-methyl/N-ethyl adjacent to an activating group) is 1. The minimum absolute atomic E-state index is 0.732. The monoisotopic (exact) mass is 287 g/mol. The molecule has 1 unspecified atom stereocenters. The molecule has 0 amide bonds. The summed E-state index contributed by atoms with van der Waals surface area (Å²) in [6.07, 6.45) is 5.14. The van der Waals surface area contributed by atoms with Crippen molar-refractivity contribution in [1.29, 1.82) is 0 Å². The Hall–Kier alpha value is -0.900. The molecule has 21 heavy (non-hydrogen) atoms.